The fourth-order valence-corrected chi connectivity index (χ4v) is 4.23. The van der Waals surface area contributed by atoms with Gasteiger partial charge < -0.3 is 5.32 Å². The molecule has 0 radical (unpaired) electrons. The average Bonchev–Trinajstić information content (AvgIpc) is 2.78. The van der Waals surface area contributed by atoms with Crippen molar-refractivity contribution in [2.75, 3.05) is 25.5 Å². The number of benzene rings is 1. The highest BCUT2D eigenvalue weighted by atomic mass is 35.5. The molecule has 5 heteroatoms. The number of para-hydroxylation sites is 1. The molecular weight excluding hydrogens is 320 g/mol. The highest BCUT2D eigenvalue weighted by Gasteiger charge is 2.30. The van der Waals surface area contributed by atoms with E-state index in [1.54, 1.807) is 0 Å². The Morgan fingerprint density at radius 1 is 1.17 bits per heavy atom. The molecule has 0 aliphatic carbocycles. The molecule has 1 saturated heterocycles. The third-order valence-corrected chi connectivity index (χ3v) is 5.65. The second-order valence-corrected chi connectivity index (χ2v) is 7.36. The number of rotatable bonds is 2. The maximum absolute atomic E-state index is 6.47. The molecule has 4 rings (SSSR count). The van der Waals surface area contributed by atoms with Gasteiger partial charge in [-0.05, 0) is 57.8 Å². The molecule has 0 saturated carbocycles. The van der Waals surface area contributed by atoms with Crippen LogP contribution in [0.2, 0.25) is 5.02 Å². The van der Waals surface area contributed by atoms with Gasteiger partial charge in [0.25, 0.3) is 0 Å². The predicted molar refractivity (Wildman–Crippen MR) is 99.2 cm³/mol. The summed E-state index contributed by atoms with van der Waals surface area (Å²) in [6.07, 6.45) is 7.30. The van der Waals surface area contributed by atoms with Gasteiger partial charge in [-0.15, -0.1) is 0 Å². The summed E-state index contributed by atoms with van der Waals surface area (Å²) in [6, 6.07) is 8.41. The molecule has 1 aromatic heterocycles. The van der Waals surface area contributed by atoms with Gasteiger partial charge >= 0.3 is 0 Å². The van der Waals surface area contributed by atoms with Gasteiger partial charge in [0.2, 0.25) is 0 Å². The molecule has 1 fully saturated rings. The zero-order valence-corrected chi connectivity index (χ0v) is 15.0. The maximum Gasteiger partial charge on any atom is 0.133 e. The highest BCUT2D eigenvalue weighted by molar-refractivity contribution is 6.32. The van der Waals surface area contributed by atoms with E-state index in [0.29, 0.717) is 6.04 Å². The summed E-state index contributed by atoms with van der Waals surface area (Å²) in [7, 11) is 2.23. The molecule has 24 heavy (non-hydrogen) atoms. The van der Waals surface area contributed by atoms with Crippen molar-refractivity contribution in [2.24, 2.45) is 0 Å². The van der Waals surface area contributed by atoms with Crippen molar-refractivity contribution in [1.29, 1.82) is 0 Å². The van der Waals surface area contributed by atoms with Crippen LogP contribution in [0.4, 0.5) is 5.82 Å². The second-order valence-electron chi connectivity index (χ2n) is 6.95. The minimum Gasteiger partial charge on any atom is -0.370 e. The van der Waals surface area contributed by atoms with Crippen molar-refractivity contribution in [2.45, 2.75) is 44.6 Å². The molecule has 0 spiro atoms. The zero-order chi connectivity index (χ0) is 16.5. The van der Waals surface area contributed by atoms with Crippen molar-refractivity contribution < 1.29 is 0 Å². The molecule has 1 atom stereocenters. The average molecular weight is 345 g/mol. The predicted octanol–water partition coefficient (Wildman–Crippen LogP) is 4.43. The number of nitrogens with zero attached hydrogens (tertiary/aromatic N) is 3. The molecule has 0 bridgehead atoms. The van der Waals surface area contributed by atoms with E-state index in [9.17, 15) is 0 Å². The van der Waals surface area contributed by atoms with Gasteiger partial charge in [0.1, 0.15) is 5.82 Å². The summed E-state index contributed by atoms with van der Waals surface area (Å²) in [5.41, 5.74) is 3.61. The third-order valence-electron chi connectivity index (χ3n) is 5.33. The lowest BCUT2D eigenvalue weighted by molar-refractivity contribution is 0.182. The Labute approximate surface area is 148 Å². The summed E-state index contributed by atoms with van der Waals surface area (Å²) in [5, 5.41) is 9.43. The van der Waals surface area contributed by atoms with Gasteiger partial charge in [-0.3, -0.25) is 4.90 Å². The first kappa shape index (κ1) is 16.0. The van der Waals surface area contributed by atoms with Crippen molar-refractivity contribution in [3.05, 3.63) is 40.5 Å². The fourth-order valence-electron chi connectivity index (χ4n) is 4.02. The van der Waals surface area contributed by atoms with E-state index in [1.165, 1.54) is 43.4 Å². The van der Waals surface area contributed by atoms with E-state index < -0.39 is 0 Å². The topological polar surface area (TPSA) is 33.1 Å². The SMILES string of the molecule is CN1CCCCC1c1nn(-c2ccccc2Cl)c2c1CCCCN2. The number of halogens is 1. The first-order valence-electron chi connectivity index (χ1n) is 9.06. The molecule has 2 aromatic rings. The lowest BCUT2D eigenvalue weighted by Crippen LogP contribution is -2.30. The molecule has 1 N–H and O–H groups in total. The minimum absolute atomic E-state index is 0.427. The minimum atomic E-state index is 0.427. The fraction of sp³-hybridized carbons (Fsp3) is 0.526. The number of piperidine rings is 1. The smallest absolute Gasteiger partial charge is 0.133 e. The standard InChI is InChI=1S/C19H25ClN4/c1-23-13-7-5-11-17(23)18-14-8-4-6-12-21-19(14)24(22-18)16-10-3-2-9-15(16)20/h2-3,9-10,17,21H,4-8,11-13H2,1H3. The molecule has 128 valence electrons. The Hall–Kier alpha value is -1.52. The summed E-state index contributed by atoms with van der Waals surface area (Å²) >= 11 is 6.47. The van der Waals surface area contributed by atoms with Crippen LogP contribution in [0, 0.1) is 0 Å². The lowest BCUT2D eigenvalue weighted by Gasteiger charge is -2.31. The normalized spacial score (nSPS) is 21.8. The molecule has 0 amide bonds. The van der Waals surface area contributed by atoms with Crippen molar-refractivity contribution in [3.63, 3.8) is 0 Å². The van der Waals surface area contributed by atoms with E-state index in [1.807, 2.05) is 22.9 Å². The molecule has 2 aliphatic rings. The van der Waals surface area contributed by atoms with Crippen LogP contribution in [0.1, 0.15) is 49.4 Å². The first-order valence-corrected chi connectivity index (χ1v) is 9.44. The van der Waals surface area contributed by atoms with Gasteiger partial charge in [0.05, 0.1) is 22.4 Å². The number of hydrogen-bond donors (Lipinski definition) is 1. The van der Waals surface area contributed by atoms with Gasteiger partial charge in [-0.1, -0.05) is 30.2 Å². The molecule has 1 unspecified atom stereocenters. The van der Waals surface area contributed by atoms with Crippen molar-refractivity contribution in [3.8, 4) is 5.69 Å². The van der Waals surface area contributed by atoms with Crippen LogP contribution in [0.5, 0.6) is 0 Å². The van der Waals surface area contributed by atoms with E-state index in [0.717, 1.165) is 36.0 Å². The Morgan fingerprint density at radius 2 is 2.04 bits per heavy atom. The van der Waals surface area contributed by atoms with E-state index in [2.05, 4.69) is 23.3 Å². The Morgan fingerprint density at radius 3 is 2.88 bits per heavy atom. The molecule has 2 aliphatic heterocycles. The van der Waals surface area contributed by atoms with Crippen LogP contribution in [0.15, 0.2) is 24.3 Å². The molecule has 4 nitrogen and oxygen atoms in total. The summed E-state index contributed by atoms with van der Waals surface area (Å²) in [6.45, 7) is 2.16. The number of aromatic nitrogens is 2. The number of anilines is 1. The quantitative estimate of drug-likeness (QED) is 0.874. The monoisotopic (exact) mass is 344 g/mol. The largest absolute Gasteiger partial charge is 0.370 e. The number of hydrogen-bond acceptors (Lipinski definition) is 3. The maximum atomic E-state index is 6.47. The summed E-state index contributed by atoms with van der Waals surface area (Å²) < 4.78 is 2.04. The Kier molecular flexibility index (Phi) is 4.51. The summed E-state index contributed by atoms with van der Waals surface area (Å²) in [4.78, 5) is 2.47. The summed E-state index contributed by atoms with van der Waals surface area (Å²) in [5.74, 6) is 1.15. The lowest BCUT2D eigenvalue weighted by atomic mass is 9.96. The van der Waals surface area contributed by atoms with Crippen LogP contribution in [-0.4, -0.2) is 34.8 Å². The van der Waals surface area contributed by atoms with Crippen LogP contribution >= 0.6 is 11.6 Å². The van der Waals surface area contributed by atoms with Crippen LogP contribution in [-0.2, 0) is 6.42 Å². The van der Waals surface area contributed by atoms with Gasteiger partial charge in [-0.2, -0.15) is 5.10 Å². The van der Waals surface area contributed by atoms with Gasteiger partial charge in [0, 0.05) is 12.1 Å². The molecule has 3 heterocycles. The second kappa shape index (κ2) is 6.77. The number of fused-ring (bicyclic) bond motifs is 1. The van der Waals surface area contributed by atoms with Gasteiger partial charge in [-0.25, -0.2) is 4.68 Å². The van der Waals surface area contributed by atoms with E-state index >= 15 is 0 Å². The van der Waals surface area contributed by atoms with Crippen molar-refractivity contribution in [1.82, 2.24) is 14.7 Å². The van der Waals surface area contributed by atoms with Crippen molar-refractivity contribution >= 4 is 17.4 Å². The van der Waals surface area contributed by atoms with E-state index in [4.69, 9.17) is 16.7 Å². The Bertz CT molecular complexity index is 724. The number of likely N-dealkylation sites (tertiary alicyclic amines) is 1. The molecule has 1 aromatic carbocycles. The van der Waals surface area contributed by atoms with Crippen LogP contribution in [0.25, 0.3) is 5.69 Å². The van der Waals surface area contributed by atoms with Gasteiger partial charge in [0.15, 0.2) is 0 Å². The zero-order valence-electron chi connectivity index (χ0n) is 14.3. The number of nitrogens with one attached hydrogen (secondary N) is 1. The van der Waals surface area contributed by atoms with Crippen LogP contribution in [0.3, 0.4) is 0 Å². The first-order chi connectivity index (χ1) is 11.8. The van der Waals surface area contributed by atoms with Crippen LogP contribution < -0.4 is 5.32 Å². The Balaban J connectivity index is 1.84. The third kappa shape index (κ3) is 2.82. The highest BCUT2D eigenvalue weighted by Crippen LogP contribution is 2.37. The molecular formula is C19H25ClN4. The van der Waals surface area contributed by atoms with E-state index in [-0.39, 0.29) is 0 Å².